The van der Waals surface area contributed by atoms with Gasteiger partial charge in [0.25, 0.3) is 0 Å². The van der Waals surface area contributed by atoms with Gasteiger partial charge in [-0.15, -0.1) is 10.2 Å². The zero-order valence-corrected chi connectivity index (χ0v) is 17.6. The van der Waals surface area contributed by atoms with E-state index in [0.717, 1.165) is 26.1 Å². The number of rotatable bonds is 7. The highest BCUT2D eigenvalue weighted by Crippen LogP contribution is 2.24. The van der Waals surface area contributed by atoms with Crippen LogP contribution in [0.5, 0.6) is 0 Å². The molecule has 1 amide bonds. The molecule has 1 atom stereocenters. The van der Waals surface area contributed by atoms with Crippen LogP contribution in [-0.4, -0.2) is 50.5 Å². The molecule has 0 spiro atoms. The second-order valence-electron chi connectivity index (χ2n) is 7.41. The Bertz CT molecular complexity index is 1010. The number of likely N-dealkylation sites (tertiary alicyclic amines) is 1. The van der Waals surface area contributed by atoms with Crippen LogP contribution >= 0.6 is 11.8 Å². The standard InChI is InChI=1S/C22H24FN5OS/c1-27-21(18-9-5-6-10-19(18)23)25-26-22(27)30-15-20(29)24-17-11-12-28(14-17)13-16-7-3-2-4-8-16/h2-10,17H,11-15H2,1H3,(H,24,29)/t17-/m1/s1. The number of hydrogen-bond acceptors (Lipinski definition) is 5. The molecule has 4 rings (SSSR count). The third kappa shape index (κ3) is 4.88. The minimum Gasteiger partial charge on any atom is -0.351 e. The predicted molar refractivity (Wildman–Crippen MR) is 115 cm³/mol. The van der Waals surface area contributed by atoms with Gasteiger partial charge in [0.15, 0.2) is 11.0 Å². The highest BCUT2D eigenvalue weighted by Gasteiger charge is 2.24. The summed E-state index contributed by atoms with van der Waals surface area (Å²) in [4.78, 5) is 14.8. The molecule has 0 radical (unpaired) electrons. The van der Waals surface area contributed by atoms with Crippen molar-refractivity contribution in [3.63, 3.8) is 0 Å². The number of carbonyl (C=O) groups is 1. The largest absolute Gasteiger partial charge is 0.351 e. The summed E-state index contributed by atoms with van der Waals surface area (Å²) in [6.45, 7) is 2.73. The van der Waals surface area contributed by atoms with Crippen molar-refractivity contribution in [1.29, 1.82) is 0 Å². The third-order valence-electron chi connectivity index (χ3n) is 5.17. The molecule has 1 aromatic heterocycles. The van der Waals surface area contributed by atoms with Gasteiger partial charge in [0.2, 0.25) is 5.91 Å². The van der Waals surface area contributed by atoms with E-state index in [2.05, 4.69) is 32.5 Å². The van der Waals surface area contributed by atoms with Crippen LogP contribution in [-0.2, 0) is 18.4 Å². The van der Waals surface area contributed by atoms with Gasteiger partial charge in [-0.25, -0.2) is 4.39 Å². The van der Waals surface area contributed by atoms with Crippen LogP contribution in [0.25, 0.3) is 11.4 Å². The number of benzene rings is 2. The monoisotopic (exact) mass is 425 g/mol. The van der Waals surface area contributed by atoms with Crippen LogP contribution in [0, 0.1) is 5.82 Å². The van der Waals surface area contributed by atoms with Crippen molar-refractivity contribution in [1.82, 2.24) is 25.0 Å². The molecule has 0 saturated carbocycles. The Morgan fingerprint density at radius 3 is 2.73 bits per heavy atom. The Morgan fingerprint density at radius 1 is 1.17 bits per heavy atom. The number of amides is 1. The normalized spacial score (nSPS) is 16.7. The fourth-order valence-corrected chi connectivity index (χ4v) is 4.38. The van der Waals surface area contributed by atoms with Gasteiger partial charge in [0, 0.05) is 32.7 Å². The number of halogens is 1. The number of nitrogens with one attached hydrogen (secondary N) is 1. The fourth-order valence-electron chi connectivity index (χ4n) is 3.65. The molecule has 0 unspecified atom stereocenters. The molecular weight excluding hydrogens is 401 g/mol. The van der Waals surface area contributed by atoms with Gasteiger partial charge in [-0.2, -0.15) is 0 Å². The van der Waals surface area contributed by atoms with E-state index in [4.69, 9.17) is 0 Å². The second-order valence-corrected chi connectivity index (χ2v) is 8.35. The lowest BCUT2D eigenvalue weighted by Gasteiger charge is -2.16. The fraction of sp³-hybridized carbons (Fsp3) is 0.318. The molecule has 2 aromatic carbocycles. The Kier molecular flexibility index (Phi) is 6.44. The van der Waals surface area contributed by atoms with E-state index < -0.39 is 0 Å². The first-order valence-electron chi connectivity index (χ1n) is 9.93. The van der Waals surface area contributed by atoms with Gasteiger partial charge in [-0.1, -0.05) is 54.2 Å². The lowest BCUT2D eigenvalue weighted by molar-refractivity contribution is -0.119. The molecule has 1 fully saturated rings. The van der Waals surface area contributed by atoms with Crippen LogP contribution in [0.15, 0.2) is 59.8 Å². The molecule has 0 aliphatic carbocycles. The van der Waals surface area contributed by atoms with Crippen molar-refractivity contribution in [3.05, 3.63) is 66.0 Å². The summed E-state index contributed by atoms with van der Waals surface area (Å²) in [7, 11) is 1.78. The van der Waals surface area contributed by atoms with E-state index in [1.165, 1.54) is 23.4 Å². The summed E-state index contributed by atoms with van der Waals surface area (Å²) in [5.74, 6) is 0.326. The SMILES string of the molecule is Cn1c(SCC(=O)N[C@@H]2CCN(Cc3ccccc3)C2)nnc1-c1ccccc1F. The maximum atomic E-state index is 14.0. The number of thioether (sulfide) groups is 1. The molecule has 30 heavy (non-hydrogen) atoms. The molecule has 8 heteroatoms. The van der Waals surface area contributed by atoms with E-state index in [9.17, 15) is 9.18 Å². The average molecular weight is 426 g/mol. The van der Waals surface area contributed by atoms with Crippen LogP contribution in [0.3, 0.4) is 0 Å². The van der Waals surface area contributed by atoms with Gasteiger partial charge < -0.3 is 9.88 Å². The van der Waals surface area contributed by atoms with E-state index in [1.54, 1.807) is 29.8 Å². The van der Waals surface area contributed by atoms with Gasteiger partial charge in [0.05, 0.1) is 11.3 Å². The molecule has 1 aliphatic rings. The first-order valence-corrected chi connectivity index (χ1v) is 10.9. The summed E-state index contributed by atoms with van der Waals surface area (Å²) in [6, 6.07) is 17.0. The molecular formula is C22H24FN5OS. The lowest BCUT2D eigenvalue weighted by Crippen LogP contribution is -2.38. The van der Waals surface area contributed by atoms with Crippen molar-refractivity contribution in [2.75, 3.05) is 18.8 Å². The number of hydrogen-bond donors (Lipinski definition) is 1. The topological polar surface area (TPSA) is 63.1 Å². The summed E-state index contributed by atoms with van der Waals surface area (Å²) < 4.78 is 15.7. The Labute approximate surface area is 179 Å². The van der Waals surface area contributed by atoms with E-state index in [1.807, 2.05) is 18.2 Å². The van der Waals surface area contributed by atoms with Crippen molar-refractivity contribution < 1.29 is 9.18 Å². The zero-order chi connectivity index (χ0) is 20.9. The van der Waals surface area contributed by atoms with Crippen LogP contribution in [0.1, 0.15) is 12.0 Å². The van der Waals surface area contributed by atoms with Gasteiger partial charge >= 0.3 is 0 Å². The molecule has 2 heterocycles. The van der Waals surface area contributed by atoms with Crippen LogP contribution < -0.4 is 5.32 Å². The third-order valence-corrected chi connectivity index (χ3v) is 6.19. The first kappa shape index (κ1) is 20.6. The first-order chi connectivity index (χ1) is 14.6. The van der Waals surface area contributed by atoms with Gasteiger partial charge in [-0.05, 0) is 24.1 Å². The molecule has 6 nitrogen and oxygen atoms in total. The zero-order valence-electron chi connectivity index (χ0n) is 16.8. The van der Waals surface area contributed by atoms with E-state index >= 15 is 0 Å². The molecule has 1 saturated heterocycles. The highest BCUT2D eigenvalue weighted by atomic mass is 32.2. The Morgan fingerprint density at radius 2 is 1.93 bits per heavy atom. The molecule has 3 aromatic rings. The number of aromatic nitrogens is 3. The molecule has 0 bridgehead atoms. The quantitative estimate of drug-likeness (QED) is 0.590. The van der Waals surface area contributed by atoms with E-state index in [-0.39, 0.29) is 23.5 Å². The minimum atomic E-state index is -0.344. The molecule has 1 N–H and O–H groups in total. The second kappa shape index (κ2) is 9.40. The van der Waals surface area contributed by atoms with Crippen LogP contribution in [0.4, 0.5) is 4.39 Å². The predicted octanol–water partition coefficient (Wildman–Crippen LogP) is 3.10. The lowest BCUT2D eigenvalue weighted by atomic mass is 10.2. The van der Waals surface area contributed by atoms with Crippen molar-refractivity contribution in [3.8, 4) is 11.4 Å². The van der Waals surface area contributed by atoms with Gasteiger partial charge in [-0.3, -0.25) is 9.69 Å². The van der Waals surface area contributed by atoms with Gasteiger partial charge in [0.1, 0.15) is 5.82 Å². The maximum Gasteiger partial charge on any atom is 0.230 e. The highest BCUT2D eigenvalue weighted by molar-refractivity contribution is 7.99. The van der Waals surface area contributed by atoms with E-state index in [0.29, 0.717) is 16.5 Å². The minimum absolute atomic E-state index is 0.0259. The smallest absolute Gasteiger partial charge is 0.230 e. The number of carbonyl (C=O) groups excluding carboxylic acids is 1. The van der Waals surface area contributed by atoms with Crippen LogP contribution in [0.2, 0.25) is 0 Å². The molecule has 1 aliphatic heterocycles. The Hall–Kier alpha value is -2.71. The van der Waals surface area contributed by atoms with Crippen molar-refractivity contribution in [2.45, 2.75) is 24.2 Å². The number of nitrogens with zero attached hydrogens (tertiary/aromatic N) is 4. The summed E-state index contributed by atoms with van der Waals surface area (Å²) >= 11 is 1.30. The maximum absolute atomic E-state index is 14.0. The summed E-state index contributed by atoms with van der Waals surface area (Å²) in [6.07, 6.45) is 0.949. The molecule has 156 valence electrons. The van der Waals surface area contributed by atoms with Crippen molar-refractivity contribution >= 4 is 17.7 Å². The summed E-state index contributed by atoms with van der Waals surface area (Å²) in [5.41, 5.74) is 1.68. The summed E-state index contributed by atoms with van der Waals surface area (Å²) in [5, 5.41) is 11.9. The average Bonchev–Trinajstić information content (AvgIpc) is 3.34. The van der Waals surface area contributed by atoms with Crippen molar-refractivity contribution in [2.24, 2.45) is 7.05 Å². The Balaban J connectivity index is 1.27.